The lowest BCUT2D eigenvalue weighted by molar-refractivity contribution is -0.116. The highest BCUT2D eigenvalue weighted by molar-refractivity contribution is 6.30. The van der Waals surface area contributed by atoms with E-state index in [-0.39, 0.29) is 12.3 Å². The molecule has 0 saturated carbocycles. The highest BCUT2D eigenvalue weighted by Crippen LogP contribution is 2.23. The Bertz CT molecular complexity index is 932. The van der Waals surface area contributed by atoms with E-state index in [4.69, 9.17) is 16.0 Å². The summed E-state index contributed by atoms with van der Waals surface area (Å²) in [6, 6.07) is 11.2. The first-order chi connectivity index (χ1) is 13.7. The van der Waals surface area contributed by atoms with Crippen molar-refractivity contribution in [2.24, 2.45) is 0 Å². The number of carbonyl (C=O) groups excluding carboxylic acids is 1. The number of aromatic nitrogens is 2. The SMILES string of the molecule is O=C(CCc1ncc(-c2ccc(Cl)cc2)o1)Nc1ccc(N2CCCC2)nc1. The fourth-order valence-electron chi connectivity index (χ4n) is 3.21. The molecule has 0 atom stereocenters. The maximum absolute atomic E-state index is 12.2. The van der Waals surface area contributed by atoms with Crippen molar-refractivity contribution in [3.8, 4) is 11.3 Å². The molecule has 1 saturated heterocycles. The minimum atomic E-state index is -0.0954. The van der Waals surface area contributed by atoms with E-state index in [9.17, 15) is 4.79 Å². The van der Waals surface area contributed by atoms with Gasteiger partial charge < -0.3 is 14.6 Å². The van der Waals surface area contributed by atoms with Gasteiger partial charge in [-0.2, -0.15) is 0 Å². The zero-order valence-electron chi connectivity index (χ0n) is 15.4. The molecule has 6 nitrogen and oxygen atoms in total. The molecule has 1 amide bonds. The zero-order valence-corrected chi connectivity index (χ0v) is 16.2. The molecule has 28 heavy (non-hydrogen) atoms. The summed E-state index contributed by atoms with van der Waals surface area (Å²) in [4.78, 5) is 23.2. The number of benzene rings is 1. The van der Waals surface area contributed by atoms with Crippen LogP contribution in [0, 0.1) is 0 Å². The lowest BCUT2D eigenvalue weighted by Gasteiger charge is -2.16. The van der Waals surface area contributed by atoms with Crippen LogP contribution in [0.2, 0.25) is 5.02 Å². The molecule has 1 fully saturated rings. The predicted molar refractivity (Wildman–Crippen MR) is 110 cm³/mol. The van der Waals surface area contributed by atoms with E-state index in [1.165, 1.54) is 12.8 Å². The minimum Gasteiger partial charge on any atom is -0.441 e. The molecule has 1 N–H and O–H groups in total. The summed E-state index contributed by atoms with van der Waals surface area (Å²) < 4.78 is 5.73. The van der Waals surface area contributed by atoms with Gasteiger partial charge in [0.25, 0.3) is 0 Å². The van der Waals surface area contributed by atoms with E-state index in [2.05, 4.69) is 20.2 Å². The summed E-state index contributed by atoms with van der Waals surface area (Å²) in [6.45, 7) is 2.10. The topological polar surface area (TPSA) is 71.3 Å². The van der Waals surface area contributed by atoms with E-state index in [1.807, 2.05) is 24.3 Å². The van der Waals surface area contributed by atoms with E-state index in [1.54, 1.807) is 24.5 Å². The Morgan fingerprint density at radius 1 is 1.07 bits per heavy atom. The van der Waals surface area contributed by atoms with Crippen LogP contribution in [0.5, 0.6) is 0 Å². The molecule has 1 aromatic carbocycles. The Hall–Kier alpha value is -2.86. The number of nitrogens with zero attached hydrogens (tertiary/aromatic N) is 3. The monoisotopic (exact) mass is 396 g/mol. The molecular weight excluding hydrogens is 376 g/mol. The number of amides is 1. The molecule has 7 heteroatoms. The van der Waals surface area contributed by atoms with Gasteiger partial charge in [0.2, 0.25) is 5.91 Å². The molecule has 1 aliphatic rings. The summed E-state index contributed by atoms with van der Waals surface area (Å²) in [7, 11) is 0. The highest BCUT2D eigenvalue weighted by atomic mass is 35.5. The molecule has 4 rings (SSSR count). The largest absolute Gasteiger partial charge is 0.441 e. The number of carbonyl (C=O) groups is 1. The maximum Gasteiger partial charge on any atom is 0.224 e. The van der Waals surface area contributed by atoms with Crippen LogP contribution in [0.3, 0.4) is 0 Å². The number of hydrogen-bond acceptors (Lipinski definition) is 5. The van der Waals surface area contributed by atoms with Crippen LogP contribution in [0.15, 0.2) is 53.2 Å². The molecule has 0 aliphatic carbocycles. The molecule has 0 unspecified atom stereocenters. The predicted octanol–water partition coefficient (Wildman–Crippen LogP) is 4.56. The summed E-state index contributed by atoms with van der Waals surface area (Å²) in [5.74, 6) is 2.06. The van der Waals surface area contributed by atoms with Gasteiger partial charge in [-0.05, 0) is 49.2 Å². The van der Waals surface area contributed by atoms with Crippen molar-refractivity contribution < 1.29 is 9.21 Å². The van der Waals surface area contributed by atoms with Gasteiger partial charge in [-0.1, -0.05) is 11.6 Å². The van der Waals surface area contributed by atoms with Crippen LogP contribution >= 0.6 is 11.6 Å². The molecule has 144 valence electrons. The first-order valence-electron chi connectivity index (χ1n) is 9.39. The lowest BCUT2D eigenvalue weighted by atomic mass is 10.2. The molecular formula is C21H21ClN4O2. The number of pyridine rings is 1. The molecule has 2 aromatic heterocycles. The van der Waals surface area contributed by atoms with Crippen molar-refractivity contribution >= 4 is 29.0 Å². The third kappa shape index (κ3) is 4.51. The fourth-order valence-corrected chi connectivity index (χ4v) is 3.34. The molecule has 0 spiro atoms. The van der Waals surface area contributed by atoms with Gasteiger partial charge in [-0.15, -0.1) is 0 Å². The van der Waals surface area contributed by atoms with Gasteiger partial charge in [-0.25, -0.2) is 9.97 Å². The molecule has 3 heterocycles. The van der Waals surface area contributed by atoms with Crippen molar-refractivity contribution in [3.05, 3.63) is 59.7 Å². The Morgan fingerprint density at radius 3 is 2.57 bits per heavy atom. The van der Waals surface area contributed by atoms with E-state index < -0.39 is 0 Å². The normalized spacial score (nSPS) is 13.7. The van der Waals surface area contributed by atoms with Gasteiger partial charge in [0.1, 0.15) is 5.82 Å². The molecule has 0 radical (unpaired) electrons. The van der Waals surface area contributed by atoms with Crippen LogP contribution < -0.4 is 10.2 Å². The Labute approximate surface area is 168 Å². The summed E-state index contributed by atoms with van der Waals surface area (Å²) in [6.07, 6.45) is 6.50. The van der Waals surface area contributed by atoms with Gasteiger partial charge in [0, 0.05) is 36.5 Å². The number of rotatable bonds is 6. The van der Waals surface area contributed by atoms with Gasteiger partial charge in [-0.3, -0.25) is 4.79 Å². The Morgan fingerprint density at radius 2 is 1.86 bits per heavy atom. The first-order valence-corrected chi connectivity index (χ1v) is 9.77. The Kier molecular flexibility index (Phi) is 5.58. The van der Waals surface area contributed by atoms with Gasteiger partial charge >= 0.3 is 0 Å². The van der Waals surface area contributed by atoms with Gasteiger partial charge in [0.05, 0.1) is 18.1 Å². The van der Waals surface area contributed by atoms with E-state index >= 15 is 0 Å². The maximum atomic E-state index is 12.2. The summed E-state index contributed by atoms with van der Waals surface area (Å²) in [5, 5.41) is 3.54. The van der Waals surface area contributed by atoms with Crippen LogP contribution in [-0.4, -0.2) is 29.0 Å². The second-order valence-electron chi connectivity index (χ2n) is 6.77. The standard InChI is InChI=1S/C21H21ClN4O2/c22-16-5-3-15(4-6-16)18-14-24-21(28-18)10-9-20(27)25-17-7-8-19(23-13-17)26-11-1-2-12-26/h3-8,13-14H,1-2,9-12H2,(H,25,27). The van der Waals surface area contributed by atoms with Crippen molar-refractivity contribution in [1.29, 1.82) is 0 Å². The van der Waals surface area contributed by atoms with E-state index in [0.717, 1.165) is 24.5 Å². The van der Waals surface area contributed by atoms with Crippen molar-refractivity contribution in [1.82, 2.24) is 9.97 Å². The first kappa shape index (κ1) is 18.5. The smallest absolute Gasteiger partial charge is 0.224 e. The van der Waals surface area contributed by atoms with Gasteiger partial charge in [0.15, 0.2) is 11.7 Å². The number of anilines is 2. The van der Waals surface area contributed by atoms with Crippen LogP contribution in [0.25, 0.3) is 11.3 Å². The van der Waals surface area contributed by atoms with Crippen LogP contribution in [-0.2, 0) is 11.2 Å². The minimum absolute atomic E-state index is 0.0954. The fraction of sp³-hybridized carbons (Fsp3) is 0.286. The lowest BCUT2D eigenvalue weighted by Crippen LogP contribution is -2.19. The number of hydrogen-bond donors (Lipinski definition) is 1. The molecule has 0 bridgehead atoms. The third-order valence-electron chi connectivity index (χ3n) is 4.71. The zero-order chi connectivity index (χ0) is 19.3. The van der Waals surface area contributed by atoms with E-state index in [0.29, 0.717) is 28.8 Å². The molecule has 1 aliphatic heterocycles. The van der Waals surface area contributed by atoms with Crippen molar-refractivity contribution in [2.75, 3.05) is 23.3 Å². The average molecular weight is 397 g/mol. The summed E-state index contributed by atoms with van der Waals surface area (Å²) >= 11 is 5.90. The summed E-state index contributed by atoms with van der Waals surface area (Å²) in [5.41, 5.74) is 1.60. The average Bonchev–Trinajstić information content (AvgIpc) is 3.40. The number of nitrogens with one attached hydrogen (secondary N) is 1. The second-order valence-corrected chi connectivity index (χ2v) is 7.21. The number of aryl methyl sites for hydroxylation is 1. The number of halogens is 1. The quantitative estimate of drug-likeness (QED) is 0.661. The second kappa shape index (κ2) is 8.44. The van der Waals surface area contributed by atoms with Crippen molar-refractivity contribution in [2.45, 2.75) is 25.7 Å². The number of oxazole rings is 1. The molecule has 3 aromatic rings. The van der Waals surface area contributed by atoms with Crippen LogP contribution in [0.1, 0.15) is 25.2 Å². The third-order valence-corrected chi connectivity index (χ3v) is 4.96. The highest BCUT2D eigenvalue weighted by Gasteiger charge is 2.14. The Balaban J connectivity index is 1.29. The van der Waals surface area contributed by atoms with Crippen molar-refractivity contribution in [3.63, 3.8) is 0 Å². The van der Waals surface area contributed by atoms with Crippen LogP contribution in [0.4, 0.5) is 11.5 Å².